The third kappa shape index (κ3) is 2.58. The van der Waals surface area contributed by atoms with Gasteiger partial charge in [0.1, 0.15) is 24.5 Å². The van der Waals surface area contributed by atoms with Crippen molar-refractivity contribution in [2.75, 3.05) is 5.73 Å². The standard InChI is InChI=1S/C12H15FN4O/c1-8(2)17-12(15-7-16-17)6-18-9-3-4-11(14)10(13)5-9/h3-5,7-8H,6,14H2,1-2H3. The summed E-state index contributed by atoms with van der Waals surface area (Å²) in [6, 6.07) is 4.55. The summed E-state index contributed by atoms with van der Waals surface area (Å²) >= 11 is 0. The molecule has 0 bridgehead atoms. The molecule has 2 N–H and O–H groups in total. The Balaban J connectivity index is 2.07. The van der Waals surface area contributed by atoms with Crippen molar-refractivity contribution in [2.45, 2.75) is 26.5 Å². The van der Waals surface area contributed by atoms with E-state index in [4.69, 9.17) is 10.5 Å². The molecule has 0 aliphatic rings. The van der Waals surface area contributed by atoms with Gasteiger partial charge >= 0.3 is 0 Å². The van der Waals surface area contributed by atoms with E-state index in [1.165, 1.54) is 18.5 Å². The van der Waals surface area contributed by atoms with E-state index in [1.807, 2.05) is 13.8 Å². The largest absolute Gasteiger partial charge is 0.486 e. The number of halogens is 1. The molecule has 5 nitrogen and oxygen atoms in total. The number of nitrogens with zero attached hydrogens (tertiary/aromatic N) is 3. The smallest absolute Gasteiger partial charge is 0.165 e. The molecule has 1 aromatic heterocycles. The number of rotatable bonds is 4. The van der Waals surface area contributed by atoms with Crippen LogP contribution in [0.5, 0.6) is 5.75 Å². The molecule has 0 aliphatic heterocycles. The highest BCUT2D eigenvalue weighted by molar-refractivity contribution is 5.43. The summed E-state index contributed by atoms with van der Waals surface area (Å²) in [6.45, 7) is 4.24. The van der Waals surface area contributed by atoms with E-state index in [1.54, 1.807) is 10.7 Å². The van der Waals surface area contributed by atoms with Crippen LogP contribution in [0.4, 0.5) is 10.1 Å². The number of anilines is 1. The van der Waals surface area contributed by atoms with Crippen molar-refractivity contribution in [3.05, 3.63) is 36.2 Å². The lowest BCUT2D eigenvalue weighted by molar-refractivity contribution is 0.281. The van der Waals surface area contributed by atoms with Crippen molar-refractivity contribution in [3.63, 3.8) is 0 Å². The third-order valence-corrected chi connectivity index (χ3v) is 2.48. The molecule has 0 fully saturated rings. The molecule has 0 radical (unpaired) electrons. The van der Waals surface area contributed by atoms with Crippen LogP contribution in [0.2, 0.25) is 0 Å². The van der Waals surface area contributed by atoms with Crippen molar-refractivity contribution in [1.82, 2.24) is 14.8 Å². The van der Waals surface area contributed by atoms with Gasteiger partial charge in [0.05, 0.1) is 5.69 Å². The Morgan fingerprint density at radius 2 is 2.22 bits per heavy atom. The Morgan fingerprint density at radius 1 is 1.44 bits per heavy atom. The summed E-state index contributed by atoms with van der Waals surface area (Å²) in [5.74, 6) is 0.625. The van der Waals surface area contributed by atoms with E-state index < -0.39 is 5.82 Å². The zero-order valence-corrected chi connectivity index (χ0v) is 10.3. The van der Waals surface area contributed by atoms with Gasteiger partial charge in [-0.05, 0) is 26.0 Å². The summed E-state index contributed by atoms with van der Waals surface area (Å²) < 4.78 is 20.4. The molecule has 2 aromatic rings. The molecule has 18 heavy (non-hydrogen) atoms. The van der Waals surface area contributed by atoms with Gasteiger partial charge in [0.2, 0.25) is 0 Å². The molecule has 0 saturated heterocycles. The van der Waals surface area contributed by atoms with Crippen LogP contribution in [0, 0.1) is 5.82 Å². The summed E-state index contributed by atoms with van der Waals surface area (Å²) in [5, 5.41) is 4.09. The Bertz CT molecular complexity index is 539. The molecule has 6 heteroatoms. The van der Waals surface area contributed by atoms with Crippen molar-refractivity contribution in [3.8, 4) is 5.75 Å². The van der Waals surface area contributed by atoms with Crippen LogP contribution in [0.3, 0.4) is 0 Å². The van der Waals surface area contributed by atoms with Gasteiger partial charge in [0.25, 0.3) is 0 Å². The fourth-order valence-corrected chi connectivity index (χ4v) is 1.55. The van der Waals surface area contributed by atoms with Crippen LogP contribution in [0.1, 0.15) is 25.7 Å². The van der Waals surface area contributed by atoms with E-state index in [9.17, 15) is 4.39 Å². The first-order chi connectivity index (χ1) is 8.58. The second kappa shape index (κ2) is 5.03. The zero-order chi connectivity index (χ0) is 13.1. The fourth-order valence-electron chi connectivity index (χ4n) is 1.55. The summed E-state index contributed by atoms with van der Waals surface area (Å²) in [6.07, 6.45) is 1.47. The van der Waals surface area contributed by atoms with E-state index >= 15 is 0 Å². The van der Waals surface area contributed by atoms with Crippen molar-refractivity contribution in [2.24, 2.45) is 0 Å². The van der Waals surface area contributed by atoms with E-state index in [2.05, 4.69) is 10.1 Å². The van der Waals surface area contributed by atoms with Crippen LogP contribution >= 0.6 is 0 Å². The van der Waals surface area contributed by atoms with Crippen molar-refractivity contribution < 1.29 is 9.13 Å². The maximum atomic E-state index is 13.2. The third-order valence-electron chi connectivity index (χ3n) is 2.48. The van der Waals surface area contributed by atoms with Crippen molar-refractivity contribution >= 4 is 5.69 Å². The highest BCUT2D eigenvalue weighted by Gasteiger charge is 2.08. The second-order valence-electron chi connectivity index (χ2n) is 4.19. The molecule has 2 rings (SSSR count). The van der Waals surface area contributed by atoms with Crippen LogP contribution in [-0.4, -0.2) is 14.8 Å². The number of ether oxygens (including phenoxy) is 1. The van der Waals surface area contributed by atoms with Gasteiger partial charge in [-0.15, -0.1) is 0 Å². The predicted octanol–water partition coefficient (Wildman–Crippen LogP) is 2.16. The molecule has 0 spiro atoms. The molecule has 0 unspecified atom stereocenters. The van der Waals surface area contributed by atoms with E-state index in [0.29, 0.717) is 11.6 Å². The number of nitrogen functional groups attached to an aromatic ring is 1. The van der Waals surface area contributed by atoms with Gasteiger partial charge in [0.15, 0.2) is 5.82 Å². The molecule has 0 saturated carbocycles. The number of nitrogens with two attached hydrogens (primary N) is 1. The molecule has 1 aromatic carbocycles. The highest BCUT2D eigenvalue weighted by Crippen LogP contribution is 2.19. The Labute approximate surface area is 104 Å². The van der Waals surface area contributed by atoms with Crippen LogP contribution in [0.15, 0.2) is 24.5 Å². The van der Waals surface area contributed by atoms with E-state index in [0.717, 1.165) is 0 Å². The molecule has 1 heterocycles. The minimum absolute atomic E-state index is 0.104. The lowest BCUT2D eigenvalue weighted by Crippen LogP contribution is -2.10. The maximum Gasteiger partial charge on any atom is 0.165 e. The van der Waals surface area contributed by atoms with Crippen molar-refractivity contribution in [1.29, 1.82) is 0 Å². The van der Waals surface area contributed by atoms with Crippen LogP contribution in [0.25, 0.3) is 0 Å². The second-order valence-corrected chi connectivity index (χ2v) is 4.19. The summed E-state index contributed by atoms with van der Waals surface area (Å²) in [7, 11) is 0. The van der Waals surface area contributed by atoms with Gasteiger partial charge in [-0.2, -0.15) is 5.10 Å². The Hall–Kier alpha value is -2.11. The number of aromatic nitrogens is 3. The molecular weight excluding hydrogens is 235 g/mol. The minimum atomic E-state index is -0.488. The first-order valence-electron chi connectivity index (χ1n) is 5.64. The molecule has 0 aliphatic carbocycles. The van der Waals surface area contributed by atoms with Gasteiger partial charge in [-0.25, -0.2) is 14.1 Å². The molecular formula is C12H15FN4O. The first kappa shape index (κ1) is 12.3. The number of hydrogen-bond donors (Lipinski definition) is 1. The van der Waals surface area contributed by atoms with Gasteiger partial charge in [0, 0.05) is 12.1 Å². The first-order valence-corrected chi connectivity index (χ1v) is 5.64. The average Bonchev–Trinajstić information content (AvgIpc) is 2.79. The van der Waals surface area contributed by atoms with Crippen LogP contribution < -0.4 is 10.5 Å². The molecule has 0 atom stereocenters. The molecule has 96 valence electrons. The quantitative estimate of drug-likeness (QED) is 0.844. The highest BCUT2D eigenvalue weighted by atomic mass is 19.1. The Kier molecular flexibility index (Phi) is 3.45. The zero-order valence-electron chi connectivity index (χ0n) is 10.3. The fraction of sp³-hybridized carbons (Fsp3) is 0.333. The monoisotopic (exact) mass is 250 g/mol. The average molecular weight is 250 g/mol. The maximum absolute atomic E-state index is 13.2. The predicted molar refractivity (Wildman–Crippen MR) is 65.6 cm³/mol. The number of hydrogen-bond acceptors (Lipinski definition) is 4. The van der Waals surface area contributed by atoms with Gasteiger partial charge in [-0.3, -0.25) is 0 Å². The lowest BCUT2D eigenvalue weighted by Gasteiger charge is -2.10. The SMILES string of the molecule is CC(C)n1ncnc1COc1ccc(N)c(F)c1. The van der Waals surface area contributed by atoms with Gasteiger partial charge < -0.3 is 10.5 Å². The van der Waals surface area contributed by atoms with E-state index in [-0.39, 0.29) is 18.3 Å². The topological polar surface area (TPSA) is 66.0 Å². The summed E-state index contributed by atoms with van der Waals surface area (Å²) in [5.41, 5.74) is 5.49. The molecule has 0 amide bonds. The number of benzene rings is 1. The Morgan fingerprint density at radius 3 is 2.89 bits per heavy atom. The van der Waals surface area contributed by atoms with Crippen LogP contribution in [-0.2, 0) is 6.61 Å². The van der Waals surface area contributed by atoms with Gasteiger partial charge in [-0.1, -0.05) is 0 Å². The summed E-state index contributed by atoms with van der Waals surface area (Å²) in [4.78, 5) is 4.10. The normalized spacial score (nSPS) is 10.9. The lowest BCUT2D eigenvalue weighted by atomic mass is 10.3. The minimum Gasteiger partial charge on any atom is -0.486 e.